The molecule has 2 heterocycles. The highest BCUT2D eigenvalue weighted by molar-refractivity contribution is 9.11. The van der Waals surface area contributed by atoms with Gasteiger partial charge >= 0.3 is 6.18 Å². The first-order valence-electron chi connectivity index (χ1n) is 6.16. The number of hydrogen-bond donors (Lipinski definition) is 0. The minimum Gasteiger partial charge on any atom is -0.336 e. The molecule has 1 fully saturated rings. The minimum atomic E-state index is -4.20. The first-order chi connectivity index (χ1) is 9.74. The van der Waals surface area contributed by atoms with Crippen molar-refractivity contribution in [3.63, 3.8) is 0 Å². The van der Waals surface area contributed by atoms with E-state index in [0.29, 0.717) is 14.8 Å². The Labute approximate surface area is 136 Å². The molecule has 0 spiro atoms. The molecule has 0 unspecified atom stereocenters. The number of rotatable bonds is 2. The highest BCUT2D eigenvalue weighted by Gasteiger charge is 2.33. The quantitative estimate of drug-likeness (QED) is 0.677. The SMILES string of the molecule is O=C(c1cc(Br)nc(Br)c1)N1CCN(CC(F)(F)F)CC1. The van der Waals surface area contributed by atoms with Crippen LogP contribution in [0, 0.1) is 0 Å². The Balaban J connectivity index is 1.97. The van der Waals surface area contributed by atoms with Crippen molar-refractivity contribution in [3.8, 4) is 0 Å². The van der Waals surface area contributed by atoms with Crippen LogP contribution >= 0.6 is 31.9 Å². The molecule has 1 aliphatic rings. The lowest BCUT2D eigenvalue weighted by Gasteiger charge is -2.35. The van der Waals surface area contributed by atoms with Crippen molar-refractivity contribution >= 4 is 37.8 Å². The Hall–Kier alpha value is -0.670. The zero-order valence-electron chi connectivity index (χ0n) is 10.8. The number of amides is 1. The molecule has 2 rings (SSSR count). The first kappa shape index (κ1) is 16.7. The predicted octanol–water partition coefficient (Wildman–Crippen LogP) is 2.93. The summed E-state index contributed by atoms with van der Waals surface area (Å²) in [6, 6.07) is 3.18. The number of carbonyl (C=O) groups is 1. The van der Waals surface area contributed by atoms with Gasteiger partial charge in [0.15, 0.2) is 0 Å². The molecule has 0 radical (unpaired) electrons. The third-order valence-electron chi connectivity index (χ3n) is 3.07. The van der Waals surface area contributed by atoms with Gasteiger partial charge < -0.3 is 4.90 Å². The predicted molar refractivity (Wildman–Crippen MR) is 78.0 cm³/mol. The largest absolute Gasteiger partial charge is 0.401 e. The Morgan fingerprint density at radius 1 is 1.14 bits per heavy atom. The molecule has 0 aliphatic carbocycles. The van der Waals surface area contributed by atoms with Crippen LogP contribution in [0.4, 0.5) is 13.2 Å². The second-order valence-electron chi connectivity index (χ2n) is 4.68. The summed E-state index contributed by atoms with van der Waals surface area (Å²) in [6.07, 6.45) is -4.20. The van der Waals surface area contributed by atoms with E-state index < -0.39 is 12.7 Å². The Bertz CT molecular complexity index is 511. The second kappa shape index (κ2) is 6.62. The van der Waals surface area contributed by atoms with E-state index in [0.717, 1.165) is 0 Å². The summed E-state index contributed by atoms with van der Waals surface area (Å²) in [5, 5.41) is 0. The maximum absolute atomic E-state index is 12.3. The third-order valence-corrected chi connectivity index (χ3v) is 3.88. The van der Waals surface area contributed by atoms with Gasteiger partial charge in [-0.25, -0.2) is 4.98 Å². The van der Waals surface area contributed by atoms with Crippen LogP contribution in [0.3, 0.4) is 0 Å². The lowest BCUT2D eigenvalue weighted by molar-refractivity contribution is -0.148. The van der Waals surface area contributed by atoms with Crippen molar-refractivity contribution in [1.29, 1.82) is 0 Å². The molecule has 4 nitrogen and oxygen atoms in total. The molecular weight excluding hydrogens is 419 g/mol. The van der Waals surface area contributed by atoms with Gasteiger partial charge in [-0.2, -0.15) is 13.2 Å². The lowest BCUT2D eigenvalue weighted by atomic mass is 10.2. The van der Waals surface area contributed by atoms with Crippen molar-refractivity contribution in [3.05, 3.63) is 26.9 Å². The van der Waals surface area contributed by atoms with Crippen molar-refractivity contribution in [2.24, 2.45) is 0 Å². The molecule has 0 saturated carbocycles. The molecule has 0 atom stereocenters. The summed E-state index contributed by atoms with van der Waals surface area (Å²) < 4.78 is 38.0. The zero-order valence-corrected chi connectivity index (χ0v) is 14.0. The zero-order chi connectivity index (χ0) is 15.6. The van der Waals surface area contributed by atoms with Crippen molar-refractivity contribution in [2.75, 3.05) is 32.7 Å². The van der Waals surface area contributed by atoms with E-state index >= 15 is 0 Å². The van der Waals surface area contributed by atoms with E-state index in [1.165, 1.54) is 4.90 Å². The van der Waals surface area contributed by atoms with E-state index in [1.54, 1.807) is 17.0 Å². The fourth-order valence-electron chi connectivity index (χ4n) is 2.13. The fraction of sp³-hybridized carbons (Fsp3) is 0.500. The number of nitrogens with zero attached hydrogens (tertiary/aromatic N) is 3. The van der Waals surface area contributed by atoms with Crippen LogP contribution in [-0.4, -0.2) is 59.6 Å². The van der Waals surface area contributed by atoms with Gasteiger partial charge in [-0.15, -0.1) is 0 Å². The van der Waals surface area contributed by atoms with Gasteiger partial charge in [-0.3, -0.25) is 9.69 Å². The number of piperazine rings is 1. The van der Waals surface area contributed by atoms with E-state index in [2.05, 4.69) is 36.8 Å². The maximum atomic E-state index is 12.3. The Morgan fingerprint density at radius 3 is 2.14 bits per heavy atom. The van der Waals surface area contributed by atoms with Gasteiger partial charge in [0, 0.05) is 31.7 Å². The molecule has 0 N–H and O–H groups in total. The van der Waals surface area contributed by atoms with Crippen LogP contribution in [0.5, 0.6) is 0 Å². The van der Waals surface area contributed by atoms with Crippen molar-refractivity contribution in [2.45, 2.75) is 6.18 Å². The van der Waals surface area contributed by atoms with Gasteiger partial charge in [0.2, 0.25) is 0 Å². The van der Waals surface area contributed by atoms with Crippen molar-refractivity contribution < 1.29 is 18.0 Å². The minimum absolute atomic E-state index is 0.203. The van der Waals surface area contributed by atoms with Crippen LogP contribution < -0.4 is 0 Å². The molecule has 1 aliphatic heterocycles. The van der Waals surface area contributed by atoms with Gasteiger partial charge in [-0.05, 0) is 44.0 Å². The lowest BCUT2D eigenvalue weighted by Crippen LogP contribution is -2.50. The summed E-state index contributed by atoms with van der Waals surface area (Å²) in [5.41, 5.74) is 0.452. The molecule has 0 bridgehead atoms. The molecule has 1 amide bonds. The molecule has 116 valence electrons. The summed E-state index contributed by atoms with van der Waals surface area (Å²) in [5.74, 6) is -0.203. The summed E-state index contributed by atoms with van der Waals surface area (Å²) in [4.78, 5) is 19.2. The number of alkyl halides is 3. The smallest absolute Gasteiger partial charge is 0.336 e. The molecule has 21 heavy (non-hydrogen) atoms. The molecule has 1 aromatic heterocycles. The number of halogens is 5. The van der Waals surface area contributed by atoms with Crippen molar-refractivity contribution in [1.82, 2.24) is 14.8 Å². The van der Waals surface area contributed by atoms with Crippen LogP contribution in [-0.2, 0) is 0 Å². The summed E-state index contributed by atoms with van der Waals surface area (Å²) >= 11 is 6.41. The van der Waals surface area contributed by atoms with E-state index in [9.17, 15) is 18.0 Å². The maximum Gasteiger partial charge on any atom is 0.401 e. The van der Waals surface area contributed by atoms with E-state index in [4.69, 9.17) is 0 Å². The average Bonchev–Trinajstić information content (AvgIpc) is 2.35. The normalized spacial score (nSPS) is 17.1. The summed E-state index contributed by atoms with van der Waals surface area (Å²) in [7, 11) is 0. The van der Waals surface area contributed by atoms with Gasteiger partial charge in [0.05, 0.1) is 6.54 Å². The number of aromatic nitrogens is 1. The average molecular weight is 431 g/mol. The van der Waals surface area contributed by atoms with Crippen LogP contribution in [0.25, 0.3) is 0 Å². The van der Waals surface area contributed by atoms with E-state index in [-0.39, 0.29) is 32.1 Å². The molecular formula is C12H12Br2F3N3O. The summed E-state index contributed by atoms with van der Waals surface area (Å²) in [6.45, 7) is 0.0810. The standard InChI is InChI=1S/C12H12Br2F3N3O/c13-9-5-8(6-10(14)18-9)11(21)20-3-1-19(2-4-20)7-12(15,16)17/h5-6H,1-4,7H2. The fourth-order valence-corrected chi connectivity index (χ4v) is 3.25. The third kappa shape index (κ3) is 4.93. The first-order valence-corrected chi connectivity index (χ1v) is 7.75. The van der Waals surface area contributed by atoms with Gasteiger partial charge in [0.1, 0.15) is 9.21 Å². The molecule has 1 aromatic rings. The topological polar surface area (TPSA) is 36.4 Å². The molecule has 1 saturated heterocycles. The Morgan fingerprint density at radius 2 is 1.67 bits per heavy atom. The molecule has 0 aromatic carbocycles. The van der Waals surface area contributed by atoms with Crippen LogP contribution in [0.2, 0.25) is 0 Å². The van der Waals surface area contributed by atoms with E-state index in [1.807, 2.05) is 0 Å². The highest BCUT2D eigenvalue weighted by Crippen LogP contribution is 2.20. The number of pyridine rings is 1. The Kier molecular flexibility index (Phi) is 5.26. The van der Waals surface area contributed by atoms with Crippen LogP contribution in [0.15, 0.2) is 21.3 Å². The number of hydrogen-bond acceptors (Lipinski definition) is 3. The van der Waals surface area contributed by atoms with Gasteiger partial charge in [0.25, 0.3) is 5.91 Å². The second-order valence-corrected chi connectivity index (χ2v) is 6.31. The monoisotopic (exact) mass is 429 g/mol. The highest BCUT2D eigenvalue weighted by atomic mass is 79.9. The molecule has 9 heteroatoms. The van der Waals surface area contributed by atoms with Crippen LogP contribution in [0.1, 0.15) is 10.4 Å². The number of carbonyl (C=O) groups excluding carboxylic acids is 1. The van der Waals surface area contributed by atoms with Gasteiger partial charge in [-0.1, -0.05) is 0 Å².